The Bertz CT molecular complexity index is 947. The van der Waals surface area contributed by atoms with Gasteiger partial charge in [-0.2, -0.15) is 0 Å². The Balaban J connectivity index is 1.82. The van der Waals surface area contributed by atoms with E-state index in [1.807, 2.05) is 0 Å². The van der Waals surface area contributed by atoms with E-state index in [4.69, 9.17) is 9.15 Å². The number of anilines is 1. The van der Waals surface area contributed by atoms with E-state index in [2.05, 4.69) is 15.9 Å². The molecule has 1 aromatic heterocycles. The molecule has 2 aromatic carbocycles. The lowest BCUT2D eigenvalue weighted by molar-refractivity contribution is -0.120. The smallest absolute Gasteiger partial charge is 0.265 e. The molecule has 0 aliphatic rings. The zero-order chi connectivity index (χ0) is 19.4. The summed E-state index contributed by atoms with van der Waals surface area (Å²) in [5, 5.41) is 0. The lowest BCUT2D eigenvalue weighted by Gasteiger charge is -2.22. The van der Waals surface area contributed by atoms with Crippen molar-refractivity contribution in [1.29, 1.82) is 0 Å². The number of halogens is 4. The lowest BCUT2D eigenvalue weighted by Crippen LogP contribution is -2.35. The van der Waals surface area contributed by atoms with Gasteiger partial charge < -0.3 is 9.15 Å². The fraction of sp³-hybridized carbons (Fsp3) is 0.105. The van der Waals surface area contributed by atoms with Gasteiger partial charge in [0, 0.05) is 10.5 Å². The van der Waals surface area contributed by atoms with Gasteiger partial charge in [-0.15, -0.1) is 0 Å². The van der Waals surface area contributed by atoms with Crippen LogP contribution in [0.4, 0.5) is 18.9 Å². The molecule has 0 atom stereocenters. The van der Waals surface area contributed by atoms with E-state index < -0.39 is 30.0 Å². The van der Waals surface area contributed by atoms with Crippen LogP contribution in [0.25, 0.3) is 0 Å². The molecule has 1 amide bonds. The molecule has 0 saturated carbocycles. The fourth-order valence-corrected chi connectivity index (χ4v) is 2.71. The highest BCUT2D eigenvalue weighted by Gasteiger charge is 2.22. The zero-order valence-electron chi connectivity index (χ0n) is 13.8. The fourth-order valence-electron chi connectivity index (χ4n) is 2.38. The SMILES string of the molecule is O=C(COc1ccc(Br)cc1F)N(Cc1ccco1)c1ccc(F)cc1F. The summed E-state index contributed by atoms with van der Waals surface area (Å²) in [6.07, 6.45) is 1.41. The molecule has 3 rings (SSSR count). The molecule has 0 saturated heterocycles. The van der Waals surface area contributed by atoms with Gasteiger partial charge in [0.05, 0.1) is 18.5 Å². The van der Waals surface area contributed by atoms with E-state index in [0.29, 0.717) is 16.3 Å². The van der Waals surface area contributed by atoms with Crippen LogP contribution in [-0.2, 0) is 11.3 Å². The van der Waals surface area contributed by atoms with E-state index in [0.717, 1.165) is 17.0 Å². The summed E-state index contributed by atoms with van der Waals surface area (Å²) in [6.45, 7) is -0.642. The Morgan fingerprint density at radius 2 is 1.89 bits per heavy atom. The molecular weight excluding hydrogens is 427 g/mol. The van der Waals surface area contributed by atoms with Crippen molar-refractivity contribution in [3.05, 3.63) is 82.5 Å². The Morgan fingerprint density at radius 1 is 1.07 bits per heavy atom. The molecular formula is C19H13BrF3NO3. The van der Waals surface area contributed by atoms with Crippen molar-refractivity contribution in [2.45, 2.75) is 6.54 Å². The molecule has 0 bridgehead atoms. The van der Waals surface area contributed by atoms with Gasteiger partial charge in [-0.1, -0.05) is 15.9 Å². The number of amides is 1. The first-order valence-electron chi connectivity index (χ1n) is 7.79. The van der Waals surface area contributed by atoms with Gasteiger partial charge in [0.1, 0.15) is 17.4 Å². The summed E-state index contributed by atoms with van der Waals surface area (Å²) in [7, 11) is 0. The Morgan fingerprint density at radius 3 is 2.56 bits per heavy atom. The number of furan rings is 1. The number of hydrogen-bond donors (Lipinski definition) is 0. The van der Waals surface area contributed by atoms with Crippen LogP contribution in [-0.4, -0.2) is 12.5 Å². The van der Waals surface area contributed by atoms with Crippen molar-refractivity contribution in [1.82, 2.24) is 0 Å². The van der Waals surface area contributed by atoms with E-state index in [1.54, 1.807) is 18.2 Å². The van der Waals surface area contributed by atoms with Crippen molar-refractivity contribution in [2.24, 2.45) is 0 Å². The third kappa shape index (κ3) is 4.71. The van der Waals surface area contributed by atoms with Crippen molar-refractivity contribution < 1.29 is 27.1 Å². The standard InChI is InChI=1S/C19H13BrF3NO3/c20-12-3-6-18(16(23)8-12)27-11-19(25)24(10-14-2-1-7-26-14)17-5-4-13(21)9-15(17)22/h1-9H,10-11H2. The molecule has 3 aromatic rings. The van der Waals surface area contributed by atoms with Gasteiger partial charge in [0.25, 0.3) is 5.91 Å². The van der Waals surface area contributed by atoms with Crippen LogP contribution in [0.5, 0.6) is 5.75 Å². The Hall–Kier alpha value is -2.74. The second-order valence-corrected chi connectivity index (χ2v) is 6.43. The monoisotopic (exact) mass is 439 g/mol. The minimum Gasteiger partial charge on any atom is -0.481 e. The number of carbonyl (C=O) groups is 1. The Kier molecular flexibility index (Phi) is 5.85. The maximum atomic E-state index is 14.2. The van der Waals surface area contributed by atoms with Crippen LogP contribution in [0.2, 0.25) is 0 Å². The van der Waals surface area contributed by atoms with Crippen LogP contribution < -0.4 is 9.64 Å². The van der Waals surface area contributed by atoms with Crippen LogP contribution in [0.1, 0.15) is 5.76 Å². The van der Waals surface area contributed by atoms with Gasteiger partial charge in [-0.25, -0.2) is 13.2 Å². The predicted octanol–water partition coefficient (Wildman–Crippen LogP) is 5.07. The molecule has 0 aliphatic carbocycles. The molecule has 0 fully saturated rings. The molecule has 1 heterocycles. The van der Waals surface area contributed by atoms with Crippen LogP contribution in [0, 0.1) is 17.5 Å². The maximum absolute atomic E-state index is 14.2. The molecule has 0 N–H and O–H groups in total. The predicted molar refractivity (Wildman–Crippen MR) is 95.9 cm³/mol. The summed E-state index contributed by atoms with van der Waals surface area (Å²) in [5.41, 5.74) is -0.141. The first kappa shape index (κ1) is 19.0. The molecule has 4 nitrogen and oxygen atoms in total. The zero-order valence-corrected chi connectivity index (χ0v) is 15.4. The molecule has 140 valence electrons. The second kappa shape index (κ2) is 8.30. The lowest BCUT2D eigenvalue weighted by atomic mass is 10.2. The first-order chi connectivity index (χ1) is 12.9. The van der Waals surface area contributed by atoms with E-state index in [9.17, 15) is 18.0 Å². The minimum atomic E-state index is -0.912. The number of carbonyl (C=O) groups excluding carboxylic acids is 1. The first-order valence-corrected chi connectivity index (χ1v) is 8.59. The number of benzene rings is 2. The highest BCUT2D eigenvalue weighted by molar-refractivity contribution is 9.10. The van der Waals surface area contributed by atoms with Crippen LogP contribution >= 0.6 is 15.9 Å². The average Bonchev–Trinajstić information content (AvgIpc) is 3.12. The number of ether oxygens (including phenoxy) is 1. The topological polar surface area (TPSA) is 42.7 Å². The van der Waals surface area contributed by atoms with Crippen molar-refractivity contribution in [2.75, 3.05) is 11.5 Å². The third-order valence-corrected chi connectivity index (χ3v) is 4.13. The summed E-state index contributed by atoms with van der Waals surface area (Å²) < 4.78 is 52.2. The Labute approximate surface area is 161 Å². The quantitative estimate of drug-likeness (QED) is 0.538. The molecule has 0 spiro atoms. The minimum absolute atomic E-state index is 0.0967. The van der Waals surface area contributed by atoms with Gasteiger partial charge in [-0.3, -0.25) is 9.69 Å². The molecule has 0 unspecified atom stereocenters. The van der Waals surface area contributed by atoms with Crippen molar-refractivity contribution >= 4 is 27.5 Å². The van der Waals surface area contributed by atoms with Crippen molar-refractivity contribution in [3.63, 3.8) is 0 Å². The highest BCUT2D eigenvalue weighted by atomic mass is 79.9. The van der Waals surface area contributed by atoms with Gasteiger partial charge >= 0.3 is 0 Å². The summed E-state index contributed by atoms with van der Waals surface area (Å²) in [6, 6.07) is 10.2. The molecule has 0 radical (unpaired) electrons. The number of hydrogen-bond acceptors (Lipinski definition) is 3. The van der Waals surface area contributed by atoms with E-state index in [-0.39, 0.29) is 18.0 Å². The summed E-state index contributed by atoms with van der Waals surface area (Å²) in [5.74, 6) is -2.72. The average molecular weight is 440 g/mol. The molecule has 0 aliphatic heterocycles. The highest BCUT2D eigenvalue weighted by Crippen LogP contribution is 2.24. The molecule has 27 heavy (non-hydrogen) atoms. The van der Waals surface area contributed by atoms with Crippen LogP contribution in [0.3, 0.4) is 0 Å². The van der Waals surface area contributed by atoms with Crippen molar-refractivity contribution in [3.8, 4) is 5.75 Å². The van der Waals surface area contributed by atoms with E-state index >= 15 is 0 Å². The normalized spacial score (nSPS) is 10.7. The van der Waals surface area contributed by atoms with Gasteiger partial charge in [0.15, 0.2) is 18.2 Å². The van der Waals surface area contributed by atoms with Crippen LogP contribution in [0.15, 0.2) is 63.7 Å². The third-order valence-electron chi connectivity index (χ3n) is 3.64. The maximum Gasteiger partial charge on any atom is 0.265 e. The summed E-state index contributed by atoms with van der Waals surface area (Å²) in [4.78, 5) is 13.7. The summed E-state index contributed by atoms with van der Waals surface area (Å²) >= 11 is 3.12. The van der Waals surface area contributed by atoms with E-state index in [1.165, 1.54) is 18.4 Å². The number of rotatable bonds is 6. The second-order valence-electron chi connectivity index (χ2n) is 5.52. The van der Waals surface area contributed by atoms with Gasteiger partial charge in [0.2, 0.25) is 0 Å². The number of nitrogens with zero attached hydrogens (tertiary/aromatic N) is 1. The largest absolute Gasteiger partial charge is 0.481 e. The van der Waals surface area contributed by atoms with Gasteiger partial charge in [-0.05, 0) is 42.5 Å². The molecule has 8 heteroatoms.